The van der Waals surface area contributed by atoms with Gasteiger partial charge in [-0.05, 0) is 25.5 Å². The third-order valence-electron chi connectivity index (χ3n) is 3.36. The van der Waals surface area contributed by atoms with E-state index in [1.54, 1.807) is 7.05 Å². The lowest BCUT2D eigenvalue weighted by Gasteiger charge is -2.15. The summed E-state index contributed by atoms with van der Waals surface area (Å²) in [5, 5.41) is 7.80. The van der Waals surface area contributed by atoms with E-state index in [0.29, 0.717) is 6.04 Å². The first-order valence-corrected chi connectivity index (χ1v) is 7.17. The highest BCUT2D eigenvalue weighted by molar-refractivity contribution is 14.0. The minimum atomic E-state index is 0. The molecule has 0 aliphatic carbocycles. The van der Waals surface area contributed by atoms with Crippen molar-refractivity contribution in [2.75, 3.05) is 13.6 Å². The molecule has 0 saturated heterocycles. The van der Waals surface area contributed by atoms with Crippen molar-refractivity contribution < 1.29 is 4.42 Å². The lowest BCUT2D eigenvalue weighted by Crippen LogP contribution is -2.42. The van der Waals surface area contributed by atoms with Crippen LogP contribution in [-0.2, 0) is 6.42 Å². The first-order valence-electron chi connectivity index (χ1n) is 7.17. The fourth-order valence-electron chi connectivity index (χ4n) is 1.99. The van der Waals surface area contributed by atoms with Crippen molar-refractivity contribution in [3.05, 3.63) is 36.1 Å². The zero-order chi connectivity index (χ0) is 14.4. The third kappa shape index (κ3) is 5.22. The summed E-state index contributed by atoms with van der Waals surface area (Å²) in [7, 11) is 1.79. The minimum Gasteiger partial charge on any atom is -0.461 e. The van der Waals surface area contributed by atoms with Crippen molar-refractivity contribution in [3.63, 3.8) is 0 Å². The molecule has 1 unspecified atom stereocenters. The Morgan fingerprint density at radius 2 is 2.10 bits per heavy atom. The number of aliphatic imine (C=N–C) groups is 1. The number of nitrogens with one attached hydrogen (secondary N) is 2. The van der Waals surface area contributed by atoms with Crippen molar-refractivity contribution in [1.82, 2.24) is 10.6 Å². The SMILES string of the molecule is CCC(C)NC(=NC)NCCc1cc2ccccc2o1.I. The van der Waals surface area contributed by atoms with E-state index in [4.69, 9.17) is 4.42 Å². The smallest absolute Gasteiger partial charge is 0.191 e. The van der Waals surface area contributed by atoms with Gasteiger partial charge in [-0.1, -0.05) is 25.1 Å². The number of guanidine groups is 1. The Kier molecular flexibility index (Phi) is 7.56. The van der Waals surface area contributed by atoms with Crippen LogP contribution in [0, 0.1) is 0 Å². The molecule has 2 N–H and O–H groups in total. The van der Waals surface area contributed by atoms with Gasteiger partial charge in [0, 0.05) is 31.4 Å². The summed E-state index contributed by atoms with van der Waals surface area (Å²) in [6.45, 7) is 5.10. The van der Waals surface area contributed by atoms with Crippen LogP contribution in [0.15, 0.2) is 39.7 Å². The van der Waals surface area contributed by atoms with E-state index in [1.165, 1.54) is 0 Å². The van der Waals surface area contributed by atoms with E-state index in [9.17, 15) is 0 Å². The van der Waals surface area contributed by atoms with Crippen molar-refractivity contribution in [1.29, 1.82) is 0 Å². The van der Waals surface area contributed by atoms with E-state index < -0.39 is 0 Å². The van der Waals surface area contributed by atoms with Crippen LogP contribution in [0.4, 0.5) is 0 Å². The summed E-state index contributed by atoms with van der Waals surface area (Å²) in [5.41, 5.74) is 0.949. The molecule has 0 bridgehead atoms. The summed E-state index contributed by atoms with van der Waals surface area (Å²) in [5.74, 6) is 1.84. The number of hydrogen-bond donors (Lipinski definition) is 2. The van der Waals surface area contributed by atoms with Crippen molar-refractivity contribution in [2.24, 2.45) is 4.99 Å². The van der Waals surface area contributed by atoms with Crippen molar-refractivity contribution >= 4 is 40.9 Å². The van der Waals surface area contributed by atoms with Crippen LogP contribution >= 0.6 is 24.0 Å². The number of para-hydroxylation sites is 1. The second-order valence-electron chi connectivity index (χ2n) is 4.95. The molecule has 2 aromatic rings. The Balaban J connectivity index is 0.00000220. The molecule has 0 saturated carbocycles. The Morgan fingerprint density at radius 3 is 2.76 bits per heavy atom. The van der Waals surface area contributed by atoms with Crippen molar-refractivity contribution in [3.8, 4) is 0 Å². The third-order valence-corrected chi connectivity index (χ3v) is 3.36. The minimum absolute atomic E-state index is 0. The number of hydrogen-bond acceptors (Lipinski definition) is 2. The quantitative estimate of drug-likeness (QED) is 0.458. The molecule has 4 nitrogen and oxygen atoms in total. The Hall–Kier alpha value is -1.24. The van der Waals surface area contributed by atoms with Crippen LogP contribution in [-0.4, -0.2) is 25.6 Å². The van der Waals surface area contributed by atoms with Crippen LogP contribution in [0.5, 0.6) is 0 Å². The van der Waals surface area contributed by atoms with Crippen LogP contribution in [0.1, 0.15) is 26.0 Å². The maximum absolute atomic E-state index is 5.79. The molecule has 0 fully saturated rings. The van der Waals surface area contributed by atoms with Gasteiger partial charge in [-0.15, -0.1) is 24.0 Å². The predicted molar refractivity (Wildman–Crippen MR) is 99.6 cm³/mol. The summed E-state index contributed by atoms with van der Waals surface area (Å²) in [4.78, 5) is 4.21. The van der Waals surface area contributed by atoms with Gasteiger partial charge in [-0.25, -0.2) is 0 Å². The largest absolute Gasteiger partial charge is 0.461 e. The predicted octanol–water partition coefficient (Wildman–Crippen LogP) is 3.56. The van der Waals surface area contributed by atoms with Crippen LogP contribution in [0.2, 0.25) is 0 Å². The molecule has 5 heteroatoms. The molecular weight excluding hydrogens is 377 g/mol. The van der Waals surface area contributed by atoms with Gasteiger partial charge < -0.3 is 15.1 Å². The molecular formula is C16H24IN3O. The van der Waals surface area contributed by atoms with Gasteiger partial charge in [0.25, 0.3) is 0 Å². The molecule has 1 aromatic carbocycles. The molecule has 0 aliphatic rings. The summed E-state index contributed by atoms with van der Waals surface area (Å²) >= 11 is 0. The monoisotopic (exact) mass is 401 g/mol. The highest BCUT2D eigenvalue weighted by Crippen LogP contribution is 2.18. The molecule has 0 radical (unpaired) electrons. The molecule has 1 atom stereocenters. The maximum atomic E-state index is 5.79. The number of nitrogens with zero attached hydrogens (tertiary/aromatic N) is 1. The van der Waals surface area contributed by atoms with E-state index in [-0.39, 0.29) is 24.0 Å². The molecule has 0 aliphatic heterocycles. The Morgan fingerprint density at radius 1 is 1.33 bits per heavy atom. The van der Waals surface area contributed by atoms with E-state index in [1.807, 2.05) is 18.2 Å². The molecule has 1 aromatic heterocycles. The fraction of sp³-hybridized carbons (Fsp3) is 0.438. The standard InChI is InChI=1S/C16H23N3O.HI/c1-4-12(2)19-16(17-3)18-10-9-14-11-13-7-5-6-8-15(13)20-14;/h5-8,11-12H,4,9-10H2,1-3H3,(H2,17,18,19);1H. The topological polar surface area (TPSA) is 49.6 Å². The number of furan rings is 1. The number of fused-ring (bicyclic) bond motifs is 1. The normalized spacial score (nSPS) is 12.8. The van der Waals surface area contributed by atoms with Gasteiger partial charge in [-0.3, -0.25) is 4.99 Å². The first kappa shape index (κ1) is 17.8. The highest BCUT2D eigenvalue weighted by atomic mass is 127. The molecule has 21 heavy (non-hydrogen) atoms. The first-order chi connectivity index (χ1) is 9.72. The van der Waals surface area contributed by atoms with Crippen LogP contribution in [0.25, 0.3) is 11.0 Å². The second-order valence-corrected chi connectivity index (χ2v) is 4.95. The summed E-state index contributed by atoms with van der Waals surface area (Å²) in [6.07, 6.45) is 1.92. The summed E-state index contributed by atoms with van der Waals surface area (Å²) < 4.78 is 5.79. The molecule has 0 amide bonds. The number of halogens is 1. The second kappa shape index (κ2) is 8.92. The maximum Gasteiger partial charge on any atom is 0.191 e. The molecule has 116 valence electrons. The number of rotatable bonds is 5. The van der Waals surface area contributed by atoms with Crippen molar-refractivity contribution in [2.45, 2.75) is 32.7 Å². The number of benzene rings is 1. The zero-order valence-electron chi connectivity index (χ0n) is 12.8. The fourth-order valence-corrected chi connectivity index (χ4v) is 1.99. The lowest BCUT2D eigenvalue weighted by molar-refractivity contribution is 0.543. The Bertz CT molecular complexity index is 547. The van der Waals surface area contributed by atoms with Gasteiger partial charge in [0.1, 0.15) is 11.3 Å². The Labute approximate surface area is 143 Å². The van der Waals surface area contributed by atoms with E-state index >= 15 is 0 Å². The van der Waals surface area contributed by atoms with Gasteiger partial charge in [0.15, 0.2) is 5.96 Å². The average molecular weight is 401 g/mol. The van der Waals surface area contributed by atoms with Crippen LogP contribution in [0.3, 0.4) is 0 Å². The highest BCUT2D eigenvalue weighted by Gasteiger charge is 2.05. The van der Waals surface area contributed by atoms with E-state index in [2.05, 4.69) is 41.6 Å². The molecule has 2 rings (SSSR count). The molecule has 0 spiro atoms. The zero-order valence-corrected chi connectivity index (χ0v) is 15.2. The van der Waals surface area contributed by atoms with Gasteiger partial charge >= 0.3 is 0 Å². The summed E-state index contributed by atoms with van der Waals surface area (Å²) in [6, 6.07) is 10.6. The molecule has 1 heterocycles. The van der Waals surface area contributed by atoms with Crippen LogP contribution < -0.4 is 10.6 Å². The van der Waals surface area contributed by atoms with Gasteiger partial charge in [0.05, 0.1) is 0 Å². The van der Waals surface area contributed by atoms with Gasteiger partial charge in [-0.2, -0.15) is 0 Å². The average Bonchev–Trinajstić information content (AvgIpc) is 2.88. The lowest BCUT2D eigenvalue weighted by atomic mass is 10.2. The van der Waals surface area contributed by atoms with Gasteiger partial charge in [0.2, 0.25) is 0 Å². The van der Waals surface area contributed by atoms with E-state index in [0.717, 1.165) is 42.1 Å².